The summed E-state index contributed by atoms with van der Waals surface area (Å²) in [5.74, 6) is 0.108. The zero-order valence-electron chi connectivity index (χ0n) is 14.0. The second-order valence-electron chi connectivity index (χ2n) is 6.41. The fourth-order valence-corrected chi connectivity index (χ4v) is 3.23. The number of carbonyl (C=O) groups is 1. The van der Waals surface area contributed by atoms with E-state index in [-0.39, 0.29) is 0 Å². The molecule has 0 bridgehead atoms. The first kappa shape index (κ1) is 17.0. The summed E-state index contributed by atoms with van der Waals surface area (Å²) in [6.07, 6.45) is 7.41. The third kappa shape index (κ3) is 3.96. The van der Waals surface area contributed by atoms with Crippen molar-refractivity contribution in [1.29, 1.82) is 0 Å². The van der Waals surface area contributed by atoms with Crippen molar-refractivity contribution in [3.05, 3.63) is 54.2 Å². The SMILES string of the molecule is Nc1ccnc(N2CCC[C@@](C/C=C/c3ccccc3)(C(=O)O)C2)n1. The van der Waals surface area contributed by atoms with E-state index in [4.69, 9.17) is 5.73 Å². The molecule has 130 valence electrons. The number of carboxylic acids is 1. The van der Waals surface area contributed by atoms with E-state index >= 15 is 0 Å². The van der Waals surface area contributed by atoms with Crippen molar-refractivity contribution in [1.82, 2.24) is 9.97 Å². The van der Waals surface area contributed by atoms with Gasteiger partial charge in [-0.1, -0.05) is 42.5 Å². The number of piperidine rings is 1. The smallest absolute Gasteiger partial charge is 0.311 e. The highest BCUT2D eigenvalue weighted by Crippen LogP contribution is 2.35. The first-order chi connectivity index (χ1) is 12.1. The number of rotatable bonds is 5. The zero-order valence-corrected chi connectivity index (χ0v) is 14.0. The normalized spacial score (nSPS) is 20.7. The Labute approximate surface area is 147 Å². The van der Waals surface area contributed by atoms with Crippen LogP contribution in [0.5, 0.6) is 0 Å². The highest BCUT2D eigenvalue weighted by atomic mass is 16.4. The van der Waals surface area contributed by atoms with Gasteiger partial charge >= 0.3 is 5.97 Å². The van der Waals surface area contributed by atoms with E-state index in [0.29, 0.717) is 31.2 Å². The third-order valence-corrected chi connectivity index (χ3v) is 4.60. The summed E-state index contributed by atoms with van der Waals surface area (Å²) in [4.78, 5) is 22.4. The summed E-state index contributed by atoms with van der Waals surface area (Å²) in [5, 5.41) is 9.88. The van der Waals surface area contributed by atoms with Crippen molar-refractivity contribution >= 4 is 23.8 Å². The van der Waals surface area contributed by atoms with E-state index in [0.717, 1.165) is 18.5 Å². The van der Waals surface area contributed by atoms with Gasteiger partial charge in [0.15, 0.2) is 0 Å². The molecule has 1 aromatic heterocycles. The number of aliphatic carboxylic acids is 1. The first-order valence-corrected chi connectivity index (χ1v) is 8.38. The fourth-order valence-electron chi connectivity index (χ4n) is 3.23. The Balaban J connectivity index is 1.77. The molecule has 6 nitrogen and oxygen atoms in total. The molecule has 1 aromatic carbocycles. The van der Waals surface area contributed by atoms with Gasteiger partial charge in [0, 0.05) is 19.3 Å². The lowest BCUT2D eigenvalue weighted by Gasteiger charge is -2.39. The summed E-state index contributed by atoms with van der Waals surface area (Å²) in [6.45, 7) is 1.12. The number of nitrogen functional groups attached to an aromatic ring is 1. The molecule has 0 amide bonds. The second kappa shape index (κ2) is 7.34. The van der Waals surface area contributed by atoms with E-state index in [9.17, 15) is 9.90 Å². The predicted octanol–water partition coefficient (Wildman–Crippen LogP) is 2.83. The Kier molecular flexibility index (Phi) is 4.97. The number of carboxylic acid groups (broad SMARTS) is 1. The Bertz CT molecular complexity index is 763. The molecule has 0 radical (unpaired) electrons. The molecule has 3 rings (SSSR count). The summed E-state index contributed by atoms with van der Waals surface area (Å²) >= 11 is 0. The lowest BCUT2D eigenvalue weighted by molar-refractivity contribution is -0.149. The molecule has 1 aliphatic rings. The van der Waals surface area contributed by atoms with Gasteiger partial charge in [-0.2, -0.15) is 4.98 Å². The summed E-state index contributed by atoms with van der Waals surface area (Å²) in [6, 6.07) is 11.5. The summed E-state index contributed by atoms with van der Waals surface area (Å²) in [7, 11) is 0. The monoisotopic (exact) mass is 338 g/mol. The van der Waals surface area contributed by atoms with Gasteiger partial charge < -0.3 is 15.7 Å². The third-order valence-electron chi connectivity index (χ3n) is 4.60. The Morgan fingerprint density at radius 3 is 2.84 bits per heavy atom. The van der Waals surface area contributed by atoms with Gasteiger partial charge in [-0.3, -0.25) is 4.79 Å². The topological polar surface area (TPSA) is 92.3 Å². The van der Waals surface area contributed by atoms with Crippen LogP contribution >= 0.6 is 0 Å². The average Bonchev–Trinajstić information content (AvgIpc) is 2.63. The van der Waals surface area contributed by atoms with Crippen LogP contribution in [0.3, 0.4) is 0 Å². The van der Waals surface area contributed by atoms with E-state index in [1.807, 2.05) is 47.4 Å². The van der Waals surface area contributed by atoms with E-state index in [2.05, 4.69) is 9.97 Å². The molecule has 1 saturated heterocycles. The molecule has 0 aliphatic carbocycles. The number of nitrogens with two attached hydrogens (primary N) is 1. The van der Waals surface area contributed by atoms with Crippen LogP contribution in [-0.4, -0.2) is 34.1 Å². The van der Waals surface area contributed by atoms with Crippen LogP contribution in [0, 0.1) is 5.41 Å². The van der Waals surface area contributed by atoms with Crippen molar-refractivity contribution in [3.63, 3.8) is 0 Å². The average molecular weight is 338 g/mol. The Morgan fingerprint density at radius 2 is 2.12 bits per heavy atom. The number of anilines is 2. The van der Waals surface area contributed by atoms with Crippen molar-refractivity contribution in [3.8, 4) is 0 Å². The molecule has 0 unspecified atom stereocenters. The molecule has 1 atom stereocenters. The minimum Gasteiger partial charge on any atom is -0.481 e. The number of hydrogen-bond donors (Lipinski definition) is 2. The van der Waals surface area contributed by atoms with Crippen LogP contribution in [0.4, 0.5) is 11.8 Å². The van der Waals surface area contributed by atoms with Crippen molar-refractivity contribution < 1.29 is 9.90 Å². The number of hydrogen-bond acceptors (Lipinski definition) is 5. The van der Waals surface area contributed by atoms with Crippen LogP contribution in [0.25, 0.3) is 6.08 Å². The lowest BCUT2D eigenvalue weighted by atomic mass is 9.77. The second-order valence-corrected chi connectivity index (χ2v) is 6.41. The van der Waals surface area contributed by atoms with Gasteiger partial charge in [-0.25, -0.2) is 4.98 Å². The quantitative estimate of drug-likeness (QED) is 0.871. The van der Waals surface area contributed by atoms with Crippen LogP contribution < -0.4 is 10.6 Å². The Morgan fingerprint density at radius 1 is 1.32 bits per heavy atom. The molecule has 25 heavy (non-hydrogen) atoms. The molecule has 2 aromatic rings. The maximum absolute atomic E-state index is 12.0. The van der Waals surface area contributed by atoms with Crippen LogP contribution in [0.1, 0.15) is 24.8 Å². The molecule has 1 aliphatic heterocycles. The van der Waals surface area contributed by atoms with Gasteiger partial charge in [0.25, 0.3) is 0 Å². The fraction of sp³-hybridized carbons (Fsp3) is 0.316. The number of aromatic nitrogens is 2. The minimum absolute atomic E-state index is 0.380. The highest BCUT2D eigenvalue weighted by molar-refractivity contribution is 5.76. The van der Waals surface area contributed by atoms with E-state index in [1.165, 1.54) is 0 Å². The standard InChI is InChI=1S/C19H22N4O2/c20-16-9-12-21-18(22-16)23-13-5-11-19(14-23,17(24)25)10-4-8-15-6-2-1-3-7-15/h1-4,6-9,12H,5,10-11,13-14H2,(H,24,25)(H2,20,21,22)/b8-4+/t19-/m1/s1. The molecule has 3 N–H and O–H groups in total. The van der Waals surface area contributed by atoms with Crippen molar-refractivity contribution in [2.24, 2.45) is 5.41 Å². The van der Waals surface area contributed by atoms with Crippen LogP contribution in [0.15, 0.2) is 48.7 Å². The van der Waals surface area contributed by atoms with Crippen molar-refractivity contribution in [2.75, 3.05) is 23.7 Å². The molecular formula is C19H22N4O2. The predicted molar refractivity (Wildman–Crippen MR) is 98.1 cm³/mol. The van der Waals surface area contributed by atoms with Crippen LogP contribution in [0.2, 0.25) is 0 Å². The lowest BCUT2D eigenvalue weighted by Crippen LogP contribution is -2.48. The number of nitrogens with zero attached hydrogens (tertiary/aromatic N) is 3. The summed E-state index contributed by atoms with van der Waals surface area (Å²) in [5.41, 5.74) is 5.96. The van der Waals surface area contributed by atoms with Crippen LogP contribution in [-0.2, 0) is 4.79 Å². The van der Waals surface area contributed by atoms with Crippen molar-refractivity contribution in [2.45, 2.75) is 19.3 Å². The maximum atomic E-state index is 12.0. The van der Waals surface area contributed by atoms with Gasteiger partial charge in [0.1, 0.15) is 5.82 Å². The molecule has 2 heterocycles. The number of benzene rings is 1. The largest absolute Gasteiger partial charge is 0.481 e. The molecule has 0 spiro atoms. The molecule has 1 fully saturated rings. The van der Waals surface area contributed by atoms with Gasteiger partial charge in [0.05, 0.1) is 5.41 Å². The molecular weight excluding hydrogens is 316 g/mol. The zero-order chi connectivity index (χ0) is 17.7. The van der Waals surface area contributed by atoms with E-state index in [1.54, 1.807) is 12.3 Å². The molecule has 0 saturated carbocycles. The van der Waals surface area contributed by atoms with Gasteiger partial charge in [-0.15, -0.1) is 0 Å². The number of allylic oxidation sites excluding steroid dienone is 1. The first-order valence-electron chi connectivity index (χ1n) is 8.38. The summed E-state index contributed by atoms with van der Waals surface area (Å²) < 4.78 is 0. The highest BCUT2D eigenvalue weighted by Gasteiger charge is 2.42. The molecule has 6 heteroatoms. The maximum Gasteiger partial charge on any atom is 0.311 e. The van der Waals surface area contributed by atoms with Gasteiger partial charge in [-0.05, 0) is 30.9 Å². The Hall–Kier alpha value is -2.89. The van der Waals surface area contributed by atoms with Gasteiger partial charge in [0.2, 0.25) is 5.95 Å². The minimum atomic E-state index is -0.836. The van der Waals surface area contributed by atoms with E-state index < -0.39 is 11.4 Å².